The molecule has 1 atom stereocenters. The van der Waals surface area contributed by atoms with Gasteiger partial charge in [-0.2, -0.15) is 0 Å². The van der Waals surface area contributed by atoms with Gasteiger partial charge >= 0.3 is 0 Å². The molecule has 21 heavy (non-hydrogen) atoms. The number of nitrogens with one attached hydrogen (secondary N) is 1. The Balaban J connectivity index is 1.78. The second-order valence-electron chi connectivity index (χ2n) is 4.72. The van der Waals surface area contributed by atoms with E-state index in [0.717, 1.165) is 26.9 Å². The second-order valence-corrected chi connectivity index (χ2v) is 7.07. The molecule has 2 aromatic heterocycles. The van der Waals surface area contributed by atoms with Crippen LogP contribution in [-0.2, 0) is 0 Å². The molecule has 1 N–H and O–H groups in total. The summed E-state index contributed by atoms with van der Waals surface area (Å²) in [7, 11) is 1.97. The lowest BCUT2D eigenvalue weighted by Crippen LogP contribution is -2.16. The van der Waals surface area contributed by atoms with Gasteiger partial charge in [-0.1, -0.05) is 30.8 Å². The molecule has 0 aliphatic carbocycles. The van der Waals surface area contributed by atoms with Gasteiger partial charge in [0.2, 0.25) is 0 Å². The summed E-state index contributed by atoms with van der Waals surface area (Å²) in [6.45, 7) is 2.16. The largest absolute Gasteiger partial charge is 0.312 e. The molecule has 0 fully saturated rings. The van der Waals surface area contributed by atoms with Gasteiger partial charge in [-0.25, -0.2) is 4.98 Å². The van der Waals surface area contributed by atoms with E-state index in [1.165, 1.54) is 4.70 Å². The van der Waals surface area contributed by atoms with Crippen LogP contribution in [-0.4, -0.2) is 17.0 Å². The van der Waals surface area contributed by atoms with E-state index >= 15 is 0 Å². The summed E-state index contributed by atoms with van der Waals surface area (Å²) in [5.74, 6) is 0. The SMILES string of the molecule is CCC(NC)c1ccc(Sc2nc3ccccc3s2)cn1. The predicted molar refractivity (Wildman–Crippen MR) is 90.1 cm³/mol. The third-order valence-electron chi connectivity index (χ3n) is 3.35. The Kier molecular flexibility index (Phi) is 4.53. The van der Waals surface area contributed by atoms with Crippen molar-refractivity contribution in [3.63, 3.8) is 0 Å². The topological polar surface area (TPSA) is 37.8 Å². The van der Waals surface area contributed by atoms with Crippen LogP contribution in [0.4, 0.5) is 0 Å². The predicted octanol–water partition coefficient (Wildman–Crippen LogP) is 4.51. The minimum Gasteiger partial charge on any atom is -0.312 e. The Morgan fingerprint density at radius 1 is 1.24 bits per heavy atom. The summed E-state index contributed by atoms with van der Waals surface area (Å²) in [5, 5.41) is 3.28. The van der Waals surface area contributed by atoms with E-state index in [4.69, 9.17) is 0 Å². The average Bonchev–Trinajstić information content (AvgIpc) is 2.92. The number of aromatic nitrogens is 2. The van der Waals surface area contributed by atoms with Crippen molar-refractivity contribution in [2.45, 2.75) is 28.6 Å². The van der Waals surface area contributed by atoms with Gasteiger partial charge in [-0.3, -0.25) is 4.98 Å². The fourth-order valence-corrected chi connectivity index (χ4v) is 4.22. The van der Waals surface area contributed by atoms with Gasteiger partial charge in [0.05, 0.1) is 15.9 Å². The minimum absolute atomic E-state index is 0.325. The summed E-state index contributed by atoms with van der Waals surface area (Å²) >= 11 is 3.40. The number of para-hydroxylation sites is 1. The third-order valence-corrected chi connectivity index (χ3v) is 5.43. The molecule has 3 rings (SSSR count). The Morgan fingerprint density at radius 3 is 2.76 bits per heavy atom. The molecular formula is C16H17N3S2. The highest BCUT2D eigenvalue weighted by molar-refractivity contribution is 8.01. The van der Waals surface area contributed by atoms with Gasteiger partial charge in [0.1, 0.15) is 0 Å². The van der Waals surface area contributed by atoms with Gasteiger partial charge in [-0.05, 0) is 37.7 Å². The summed E-state index contributed by atoms with van der Waals surface area (Å²) < 4.78 is 2.29. The Bertz CT molecular complexity index is 685. The van der Waals surface area contributed by atoms with E-state index in [-0.39, 0.29) is 0 Å². The quantitative estimate of drug-likeness (QED) is 0.751. The van der Waals surface area contributed by atoms with Gasteiger partial charge in [0, 0.05) is 17.1 Å². The van der Waals surface area contributed by atoms with Gasteiger partial charge < -0.3 is 5.32 Å². The van der Waals surface area contributed by atoms with Crippen molar-refractivity contribution in [2.24, 2.45) is 0 Å². The monoisotopic (exact) mass is 315 g/mol. The third kappa shape index (κ3) is 3.26. The van der Waals surface area contributed by atoms with E-state index in [9.17, 15) is 0 Å². The number of thiazole rings is 1. The molecule has 0 aliphatic rings. The van der Waals surface area contributed by atoms with Gasteiger partial charge in [0.25, 0.3) is 0 Å². The molecule has 0 radical (unpaired) electrons. The molecule has 3 aromatic rings. The van der Waals surface area contributed by atoms with Crippen molar-refractivity contribution in [2.75, 3.05) is 7.05 Å². The molecule has 0 saturated heterocycles. The van der Waals surface area contributed by atoms with Crippen LogP contribution >= 0.6 is 23.1 Å². The Morgan fingerprint density at radius 2 is 2.10 bits per heavy atom. The molecule has 2 heterocycles. The van der Waals surface area contributed by atoms with Crippen LogP contribution in [0.15, 0.2) is 51.8 Å². The zero-order valence-corrected chi connectivity index (χ0v) is 13.7. The summed E-state index contributed by atoms with van der Waals surface area (Å²) in [4.78, 5) is 10.3. The second kappa shape index (κ2) is 6.56. The van der Waals surface area contributed by atoms with E-state index in [2.05, 4.69) is 46.5 Å². The number of fused-ring (bicyclic) bond motifs is 1. The van der Waals surface area contributed by atoms with E-state index in [1.54, 1.807) is 23.1 Å². The zero-order chi connectivity index (χ0) is 14.7. The molecule has 0 spiro atoms. The van der Waals surface area contributed by atoms with Crippen LogP contribution in [0.5, 0.6) is 0 Å². The number of pyridine rings is 1. The molecular weight excluding hydrogens is 298 g/mol. The number of benzene rings is 1. The standard InChI is InChI=1S/C16H17N3S2/c1-3-12(17-2)13-9-8-11(10-18-13)20-16-19-14-6-4-5-7-15(14)21-16/h4-10,12,17H,3H2,1-2H3. The maximum Gasteiger partial charge on any atom is 0.155 e. The molecule has 1 unspecified atom stereocenters. The van der Waals surface area contributed by atoms with Crippen LogP contribution < -0.4 is 5.32 Å². The molecule has 0 aliphatic heterocycles. The summed E-state index contributed by atoms with van der Waals surface area (Å²) in [6.07, 6.45) is 2.97. The van der Waals surface area contributed by atoms with Crippen LogP contribution in [0.25, 0.3) is 10.2 Å². The maximum absolute atomic E-state index is 4.64. The van der Waals surface area contributed by atoms with E-state index in [0.29, 0.717) is 6.04 Å². The highest BCUT2D eigenvalue weighted by Gasteiger charge is 2.09. The fraction of sp³-hybridized carbons (Fsp3) is 0.250. The number of hydrogen-bond acceptors (Lipinski definition) is 5. The van der Waals surface area contributed by atoms with Crippen molar-refractivity contribution >= 4 is 33.3 Å². The van der Waals surface area contributed by atoms with Crippen molar-refractivity contribution in [1.29, 1.82) is 0 Å². The zero-order valence-electron chi connectivity index (χ0n) is 12.0. The highest BCUT2D eigenvalue weighted by Crippen LogP contribution is 2.34. The molecule has 0 bridgehead atoms. The average molecular weight is 315 g/mol. The lowest BCUT2D eigenvalue weighted by atomic mass is 10.1. The van der Waals surface area contributed by atoms with Gasteiger partial charge in [-0.15, -0.1) is 11.3 Å². The first-order chi connectivity index (χ1) is 10.3. The Hall–Kier alpha value is -1.43. The van der Waals surface area contributed by atoms with E-state index < -0.39 is 0 Å². The molecule has 0 amide bonds. The van der Waals surface area contributed by atoms with Crippen LogP contribution in [0.2, 0.25) is 0 Å². The number of nitrogens with zero attached hydrogens (tertiary/aromatic N) is 2. The number of hydrogen-bond donors (Lipinski definition) is 1. The molecule has 108 valence electrons. The lowest BCUT2D eigenvalue weighted by molar-refractivity contribution is 0.561. The first kappa shape index (κ1) is 14.5. The number of rotatable bonds is 5. The summed E-state index contributed by atoms with van der Waals surface area (Å²) in [5.41, 5.74) is 2.16. The van der Waals surface area contributed by atoms with Crippen molar-refractivity contribution in [1.82, 2.24) is 15.3 Å². The Labute approximate surface area is 132 Å². The molecule has 1 aromatic carbocycles. The molecule has 0 saturated carbocycles. The molecule has 3 nitrogen and oxygen atoms in total. The molecule has 5 heteroatoms. The first-order valence-corrected chi connectivity index (χ1v) is 8.60. The van der Waals surface area contributed by atoms with Crippen LogP contribution in [0, 0.1) is 0 Å². The van der Waals surface area contributed by atoms with Crippen LogP contribution in [0.1, 0.15) is 25.1 Å². The smallest absolute Gasteiger partial charge is 0.155 e. The van der Waals surface area contributed by atoms with E-state index in [1.807, 2.05) is 25.4 Å². The first-order valence-electron chi connectivity index (χ1n) is 6.96. The van der Waals surface area contributed by atoms with Crippen molar-refractivity contribution < 1.29 is 0 Å². The maximum atomic E-state index is 4.64. The normalized spacial score (nSPS) is 12.7. The minimum atomic E-state index is 0.325. The van der Waals surface area contributed by atoms with Crippen LogP contribution in [0.3, 0.4) is 0 Å². The van der Waals surface area contributed by atoms with Gasteiger partial charge in [0.15, 0.2) is 4.34 Å². The van der Waals surface area contributed by atoms with Crippen molar-refractivity contribution in [3.05, 3.63) is 48.3 Å². The highest BCUT2D eigenvalue weighted by atomic mass is 32.2. The summed E-state index contributed by atoms with van der Waals surface area (Å²) in [6, 6.07) is 12.8. The fourth-order valence-electron chi connectivity index (χ4n) is 2.21. The van der Waals surface area contributed by atoms with Crippen molar-refractivity contribution in [3.8, 4) is 0 Å². The lowest BCUT2D eigenvalue weighted by Gasteiger charge is -2.12.